The first-order valence-corrected chi connectivity index (χ1v) is 13.4. The Kier molecular flexibility index (Phi) is 8.98. The number of anilines is 2. The molecule has 3 aromatic carbocycles. The Hall–Kier alpha value is -2.91. The fourth-order valence-corrected chi connectivity index (χ4v) is 5.01. The molecule has 0 radical (unpaired) electrons. The van der Waals surface area contributed by atoms with E-state index in [0.717, 1.165) is 59.6 Å². The number of rotatable bonds is 7. The normalized spacial score (nSPS) is 14.3. The van der Waals surface area contributed by atoms with Gasteiger partial charge < -0.3 is 15.0 Å². The minimum atomic E-state index is -0.431. The van der Waals surface area contributed by atoms with Gasteiger partial charge in [0, 0.05) is 40.9 Å². The molecule has 4 rings (SSSR count). The molecule has 1 aliphatic rings. The SMILES string of the molecule is Cc1cc(NC(=O)CCN2CCC(OC(=O)Nc3ccccc3-c3ccccc3)CC2)c(C)cc1I. The van der Waals surface area contributed by atoms with E-state index < -0.39 is 6.09 Å². The molecule has 6 nitrogen and oxygen atoms in total. The number of piperidine rings is 1. The van der Waals surface area contributed by atoms with E-state index in [1.807, 2.05) is 74.5 Å². The Morgan fingerprint density at radius 2 is 1.61 bits per heavy atom. The van der Waals surface area contributed by atoms with Gasteiger partial charge in [-0.2, -0.15) is 0 Å². The summed E-state index contributed by atoms with van der Waals surface area (Å²) in [4.78, 5) is 27.4. The van der Waals surface area contributed by atoms with Crippen LogP contribution in [0.5, 0.6) is 0 Å². The van der Waals surface area contributed by atoms with Gasteiger partial charge in [0.05, 0.1) is 5.69 Å². The van der Waals surface area contributed by atoms with E-state index in [0.29, 0.717) is 13.0 Å². The summed E-state index contributed by atoms with van der Waals surface area (Å²) in [7, 11) is 0. The third-order valence-corrected chi connectivity index (χ3v) is 7.65. The van der Waals surface area contributed by atoms with E-state index in [1.54, 1.807) is 0 Å². The Bertz CT molecular complexity index is 1210. The van der Waals surface area contributed by atoms with Crippen LogP contribution in [-0.4, -0.2) is 42.6 Å². The smallest absolute Gasteiger partial charge is 0.411 e. The number of amides is 2. The lowest BCUT2D eigenvalue weighted by atomic mass is 10.0. The van der Waals surface area contributed by atoms with E-state index in [4.69, 9.17) is 4.74 Å². The maximum absolute atomic E-state index is 12.6. The maximum Gasteiger partial charge on any atom is 0.411 e. The second-order valence-corrected chi connectivity index (χ2v) is 10.4. The first kappa shape index (κ1) is 26.2. The summed E-state index contributed by atoms with van der Waals surface area (Å²) in [5.41, 5.74) is 5.84. The number of carbonyl (C=O) groups is 2. The third kappa shape index (κ3) is 7.07. The lowest BCUT2D eigenvalue weighted by Crippen LogP contribution is -2.39. The van der Waals surface area contributed by atoms with Crippen LogP contribution >= 0.6 is 22.6 Å². The van der Waals surface area contributed by atoms with Crippen LogP contribution in [0.25, 0.3) is 11.1 Å². The van der Waals surface area contributed by atoms with Crippen LogP contribution in [0.1, 0.15) is 30.4 Å². The summed E-state index contributed by atoms with van der Waals surface area (Å²) in [6, 6.07) is 21.8. The van der Waals surface area contributed by atoms with Crippen molar-refractivity contribution in [3.05, 3.63) is 81.4 Å². The highest BCUT2D eigenvalue weighted by molar-refractivity contribution is 14.1. The molecule has 0 unspecified atom stereocenters. The number of ether oxygens (including phenoxy) is 1. The molecule has 2 N–H and O–H groups in total. The predicted molar refractivity (Wildman–Crippen MR) is 153 cm³/mol. The Balaban J connectivity index is 1.21. The number of nitrogens with one attached hydrogen (secondary N) is 2. The Morgan fingerprint density at radius 1 is 0.917 bits per heavy atom. The molecule has 7 heteroatoms. The molecule has 3 aromatic rings. The number of likely N-dealkylation sites (tertiary alicyclic amines) is 1. The number of nitrogens with zero attached hydrogens (tertiary/aromatic N) is 1. The van der Waals surface area contributed by atoms with Crippen molar-refractivity contribution in [2.75, 3.05) is 30.3 Å². The van der Waals surface area contributed by atoms with Gasteiger partial charge in [-0.25, -0.2) is 4.79 Å². The van der Waals surface area contributed by atoms with Crippen molar-refractivity contribution in [2.45, 2.75) is 39.2 Å². The summed E-state index contributed by atoms with van der Waals surface area (Å²) in [5.74, 6) is 0.0218. The highest BCUT2D eigenvalue weighted by Crippen LogP contribution is 2.28. The van der Waals surface area contributed by atoms with Crippen molar-refractivity contribution in [1.82, 2.24) is 4.90 Å². The fourth-order valence-electron chi connectivity index (χ4n) is 4.39. The average Bonchev–Trinajstić information content (AvgIpc) is 2.88. The molecule has 2 amide bonds. The van der Waals surface area contributed by atoms with Crippen LogP contribution in [-0.2, 0) is 9.53 Å². The number of hydrogen-bond acceptors (Lipinski definition) is 4. The van der Waals surface area contributed by atoms with E-state index in [2.05, 4.69) is 44.2 Å². The Morgan fingerprint density at radius 3 is 2.36 bits per heavy atom. The molecule has 0 saturated carbocycles. The minimum Gasteiger partial charge on any atom is -0.446 e. The molecule has 0 aliphatic carbocycles. The summed E-state index contributed by atoms with van der Waals surface area (Å²) in [5, 5.41) is 5.96. The van der Waals surface area contributed by atoms with Gasteiger partial charge in [0.2, 0.25) is 5.91 Å². The van der Waals surface area contributed by atoms with Crippen molar-refractivity contribution < 1.29 is 14.3 Å². The van der Waals surface area contributed by atoms with Crippen LogP contribution in [0.4, 0.5) is 16.2 Å². The second-order valence-electron chi connectivity index (χ2n) is 9.20. The summed E-state index contributed by atoms with van der Waals surface area (Å²) in [6.07, 6.45) is 1.39. The quantitative estimate of drug-likeness (QED) is 0.301. The van der Waals surface area contributed by atoms with Crippen LogP contribution in [0, 0.1) is 17.4 Å². The number of halogens is 1. The lowest BCUT2D eigenvalue weighted by molar-refractivity contribution is -0.116. The van der Waals surface area contributed by atoms with Crippen molar-refractivity contribution in [3.8, 4) is 11.1 Å². The van der Waals surface area contributed by atoms with Crippen LogP contribution in [0.2, 0.25) is 0 Å². The van der Waals surface area contributed by atoms with E-state index in [9.17, 15) is 9.59 Å². The van der Waals surface area contributed by atoms with E-state index >= 15 is 0 Å². The number of hydrogen-bond donors (Lipinski definition) is 2. The lowest BCUT2D eigenvalue weighted by Gasteiger charge is -2.31. The largest absolute Gasteiger partial charge is 0.446 e. The predicted octanol–water partition coefficient (Wildman–Crippen LogP) is 6.62. The molecule has 1 aliphatic heterocycles. The number of aryl methyl sites for hydroxylation is 2. The molecular weight excluding hydrogens is 565 g/mol. The van der Waals surface area contributed by atoms with Crippen LogP contribution in [0.3, 0.4) is 0 Å². The zero-order chi connectivity index (χ0) is 25.5. The average molecular weight is 597 g/mol. The molecule has 0 atom stereocenters. The molecule has 0 aromatic heterocycles. The van der Waals surface area contributed by atoms with E-state index in [1.165, 1.54) is 3.57 Å². The number of carbonyl (C=O) groups excluding carboxylic acids is 2. The third-order valence-electron chi connectivity index (χ3n) is 6.49. The molecule has 1 heterocycles. The van der Waals surface area contributed by atoms with Crippen molar-refractivity contribution in [1.29, 1.82) is 0 Å². The van der Waals surface area contributed by atoms with Crippen molar-refractivity contribution in [3.63, 3.8) is 0 Å². The second kappa shape index (κ2) is 12.4. The molecular formula is C29H32IN3O3. The van der Waals surface area contributed by atoms with Gasteiger partial charge in [-0.15, -0.1) is 0 Å². The topological polar surface area (TPSA) is 70.7 Å². The van der Waals surface area contributed by atoms with Crippen LogP contribution in [0.15, 0.2) is 66.7 Å². The van der Waals surface area contributed by atoms with Gasteiger partial charge in [-0.05, 0) is 84.2 Å². The molecule has 0 bridgehead atoms. The summed E-state index contributed by atoms with van der Waals surface area (Å²) >= 11 is 2.31. The zero-order valence-electron chi connectivity index (χ0n) is 20.7. The van der Waals surface area contributed by atoms with Gasteiger partial charge in [0.1, 0.15) is 6.10 Å². The molecule has 1 saturated heterocycles. The number of para-hydroxylation sites is 1. The van der Waals surface area contributed by atoms with Gasteiger partial charge >= 0.3 is 6.09 Å². The monoisotopic (exact) mass is 597 g/mol. The highest BCUT2D eigenvalue weighted by Gasteiger charge is 2.23. The fraction of sp³-hybridized carbons (Fsp3) is 0.310. The summed E-state index contributed by atoms with van der Waals surface area (Å²) in [6.45, 7) is 6.35. The first-order chi connectivity index (χ1) is 17.4. The number of benzene rings is 3. The van der Waals surface area contributed by atoms with Crippen LogP contribution < -0.4 is 10.6 Å². The molecule has 36 heavy (non-hydrogen) atoms. The minimum absolute atomic E-state index is 0.0218. The van der Waals surface area contributed by atoms with Gasteiger partial charge in [0.15, 0.2) is 0 Å². The van der Waals surface area contributed by atoms with Crippen molar-refractivity contribution >= 4 is 46.0 Å². The first-order valence-electron chi connectivity index (χ1n) is 12.3. The highest BCUT2D eigenvalue weighted by atomic mass is 127. The van der Waals surface area contributed by atoms with E-state index in [-0.39, 0.29) is 12.0 Å². The molecule has 1 fully saturated rings. The summed E-state index contributed by atoms with van der Waals surface area (Å²) < 4.78 is 6.91. The molecule has 188 valence electrons. The van der Waals surface area contributed by atoms with Crippen molar-refractivity contribution in [2.24, 2.45) is 0 Å². The standard InChI is InChI=1S/C29H32IN3O3/c1-20-19-27(21(2)18-25(20)30)31-28(34)14-17-33-15-12-23(13-16-33)36-29(35)32-26-11-7-6-10-24(26)22-8-4-3-5-9-22/h3-11,18-19,23H,12-17H2,1-2H3,(H,31,34)(H,32,35). The van der Waals surface area contributed by atoms with Gasteiger partial charge in [-0.3, -0.25) is 10.1 Å². The molecule has 0 spiro atoms. The Labute approximate surface area is 226 Å². The zero-order valence-corrected chi connectivity index (χ0v) is 22.9. The van der Waals surface area contributed by atoms with Gasteiger partial charge in [-0.1, -0.05) is 48.5 Å². The maximum atomic E-state index is 12.6. The van der Waals surface area contributed by atoms with Gasteiger partial charge in [0.25, 0.3) is 0 Å².